The summed E-state index contributed by atoms with van der Waals surface area (Å²) in [5.74, 6) is -2.06. The molecular weight excluding hydrogens is 443 g/mol. The predicted molar refractivity (Wildman–Crippen MR) is 122 cm³/mol. The maximum absolute atomic E-state index is 13.2. The first-order valence-electron chi connectivity index (χ1n) is 10.3. The fourth-order valence-electron chi connectivity index (χ4n) is 3.48. The van der Waals surface area contributed by atoms with Gasteiger partial charge in [0.2, 0.25) is 0 Å². The van der Waals surface area contributed by atoms with Gasteiger partial charge in [-0.1, -0.05) is 0 Å². The van der Waals surface area contributed by atoms with E-state index in [1.807, 2.05) is 11.0 Å². The van der Waals surface area contributed by atoms with Crippen molar-refractivity contribution in [2.75, 3.05) is 50.6 Å². The predicted octanol–water partition coefficient (Wildman–Crippen LogP) is 2.57. The number of carbonyl (C=O) groups excluding carboxylic acids is 3. The van der Waals surface area contributed by atoms with Crippen LogP contribution in [0, 0.1) is 17.1 Å². The number of anilines is 2. The first kappa shape index (κ1) is 24.3. The summed E-state index contributed by atoms with van der Waals surface area (Å²) in [5, 5.41) is 12.3. The number of carbonyl (C=O) groups is 3. The molecule has 1 aliphatic rings. The van der Waals surface area contributed by atoms with Crippen LogP contribution in [0.1, 0.15) is 20.7 Å². The Labute approximate surface area is 196 Å². The Morgan fingerprint density at radius 2 is 1.65 bits per heavy atom. The van der Waals surface area contributed by atoms with E-state index in [2.05, 4.69) is 5.32 Å². The van der Waals surface area contributed by atoms with Gasteiger partial charge in [-0.15, -0.1) is 0 Å². The van der Waals surface area contributed by atoms with Crippen molar-refractivity contribution in [1.82, 2.24) is 4.90 Å². The normalized spacial score (nSPS) is 13.6. The number of esters is 2. The molecule has 0 aromatic heterocycles. The number of hydrogen-bond acceptors (Lipinski definition) is 8. The zero-order valence-electron chi connectivity index (χ0n) is 18.7. The molecule has 10 heteroatoms. The standard InChI is InChI=1S/C24H23FN4O5/c1-33-23(31)16-3-8-20(24(32)34-2)21(13-16)27-15-17(14-26)22(30)29-11-9-28(10-12-29)19-6-4-18(25)5-7-19/h3-8,13,15,27H,9-12H2,1-2H3/b17-15-. The number of piperazine rings is 1. The Kier molecular flexibility index (Phi) is 7.82. The number of rotatable bonds is 6. The van der Waals surface area contributed by atoms with Crippen LogP contribution in [0.25, 0.3) is 0 Å². The van der Waals surface area contributed by atoms with Gasteiger partial charge in [-0.05, 0) is 42.5 Å². The van der Waals surface area contributed by atoms with E-state index in [1.54, 1.807) is 17.0 Å². The van der Waals surface area contributed by atoms with E-state index < -0.39 is 17.8 Å². The average Bonchev–Trinajstić information content (AvgIpc) is 2.88. The molecule has 0 bridgehead atoms. The summed E-state index contributed by atoms with van der Waals surface area (Å²) in [6.07, 6.45) is 1.19. The molecule has 0 unspecified atom stereocenters. The molecule has 1 saturated heterocycles. The second-order valence-corrected chi connectivity index (χ2v) is 7.31. The third kappa shape index (κ3) is 5.50. The number of benzene rings is 2. The number of nitrogens with zero attached hydrogens (tertiary/aromatic N) is 3. The van der Waals surface area contributed by atoms with E-state index in [4.69, 9.17) is 9.47 Å². The third-order valence-electron chi connectivity index (χ3n) is 5.33. The van der Waals surface area contributed by atoms with Gasteiger partial charge in [0.1, 0.15) is 17.5 Å². The van der Waals surface area contributed by atoms with Crippen molar-refractivity contribution in [2.24, 2.45) is 0 Å². The van der Waals surface area contributed by atoms with Gasteiger partial charge in [0.05, 0.1) is 31.0 Å². The number of halogens is 1. The van der Waals surface area contributed by atoms with Crippen molar-refractivity contribution in [2.45, 2.75) is 0 Å². The monoisotopic (exact) mass is 466 g/mol. The first-order chi connectivity index (χ1) is 16.4. The molecule has 0 saturated carbocycles. The quantitative estimate of drug-likeness (QED) is 0.393. The lowest BCUT2D eigenvalue weighted by Crippen LogP contribution is -2.49. The molecule has 0 spiro atoms. The van der Waals surface area contributed by atoms with Gasteiger partial charge in [-0.3, -0.25) is 4.79 Å². The van der Waals surface area contributed by atoms with Crippen molar-refractivity contribution in [1.29, 1.82) is 5.26 Å². The van der Waals surface area contributed by atoms with Crippen molar-refractivity contribution in [3.63, 3.8) is 0 Å². The second-order valence-electron chi connectivity index (χ2n) is 7.31. The van der Waals surface area contributed by atoms with Gasteiger partial charge in [0.15, 0.2) is 0 Å². The summed E-state index contributed by atoms with van der Waals surface area (Å²) >= 11 is 0. The molecule has 1 N–H and O–H groups in total. The lowest BCUT2D eigenvalue weighted by molar-refractivity contribution is -0.127. The Morgan fingerprint density at radius 3 is 2.24 bits per heavy atom. The van der Waals surface area contributed by atoms with Crippen LogP contribution in [-0.2, 0) is 14.3 Å². The van der Waals surface area contributed by atoms with Crippen LogP contribution in [0.4, 0.5) is 15.8 Å². The smallest absolute Gasteiger partial charge is 0.339 e. The molecule has 3 rings (SSSR count). The summed E-state index contributed by atoms with van der Waals surface area (Å²) in [7, 11) is 2.44. The molecule has 0 atom stereocenters. The summed E-state index contributed by atoms with van der Waals surface area (Å²) < 4.78 is 22.6. The van der Waals surface area contributed by atoms with Gasteiger partial charge in [-0.25, -0.2) is 14.0 Å². The molecule has 2 aromatic rings. The molecule has 0 aliphatic carbocycles. The lowest BCUT2D eigenvalue weighted by Gasteiger charge is -2.36. The molecule has 34 heavy (non-hydrogen) atoms. The van der Waals surface area contributed by atoms with Gasteiger partial charge < -0.3 is 24.6 Å². The number of amides is 1. The number of nitrogens with one attached hydrogen (secondary N) is 1. The minimum Gasteiger partial charge on any atom is -0.465 e. The maximum atomic E-state index is 13.2. The molecule has 1 fully saturated rings. The fourth-order valence-corrected chi connectivity index (χ4v) is 3.48. The van der Waals surface area contributed by atoms with Crippen molar-refractivity contribution >= 4 is 29.2 Å². The van der Waals surface area contributed by atoms with Crippen molar-refractivity contribution in [3.05, 3.63) is 71.2 Å². The minimum atomic E-state index is -0.658. The van der Waals surface area contributed by atoms with Gasteiger partial charge in [-0.2, -0.15) is 5.26 Å². The lowest BCUT2D eigenvalue weighted by atomic mass is 10.1. The Hall–Kier alpha value is -4.39. The van der Waals surface area contributed by atoms with Crippen LogP contribution in [0.5, 0.6) is 0 Å². The summed E-state index contributed by atoms with van der Waals surface area (Å²) in [5.41, 5.74) is 1.15. The van der Waals surface area contributed by atoms with Crippen LogP contribution in [-0.4, -0.2) is 63.1 Å². The van der Waals surface area contributed by atoms with Crippen LogP contribution < -0.4 is 10.2 Å². The average molecular weight is 466 g/mol. The van der Waals surface area contributed by atoms with E-state index >= 15 is 0 Å². The Bertz CT molecular complexity index is 1150. The van der Waals surface area contributed by atoms with Crippen LogP contribution in [0.3, 0.4) is 0 Å². The summed E-state index contributed by atoms with van der Waals surface area (Å²) in [6.45, 7) is 1.80. The molecule has 1 heterocycles. The Morgan fingerprint density at radius 1 is 1.00 bits per heavy atom. The van der Waals surface area contributed by atoms with Crippen LogP contribution in [0.15, 0.2) is 54.2 Å². The number of hydrogen-bond donors (Lipinski definition) is 1. The number of ether oxygens (including phenoxy) is 2. The molecular formula is C24H23FN4O5. The minimum absolute atomic E-state index is 0.115. The topological polar surface area (TPSA) is 112 Å². The maximum Gasteiger partial charge on any atom is 0.339 e. The van der Waals surface area contributed by atoms with Crippen LogP contribution >= 0.6 is 0 Å². The van der Waals surface area contributed by atoms with E-state index in [1.165, 1.54) is 50.8 Å². The van der Waals surface area contributed by atoms with E-state index in [0.717, 1.165) is 5.69 Å². The number of nitriles is 1. The van der Waals surface area contributed by atoms with Gasteiger partial charge >= 0.3 is 11.9 Å². The van der Waals surface area contributed by atoms with E-state index in [9.17, 15) is 24.0 Å². The highest BCUT2D eigenvalue weighted by Crippen LogP contribution is 2.21. The van der Waals surface area contributed by atoms with E-state index in [-0.39, 0.29) is 28.2 Å². The largest absolute Gasteiger partial charge is 0.465 e. The molecule has 9 nitrogen and oxygen atoms in total. The Balaban J connectivity index is 1.73. The SMILES string of the molecule is COC(=O)c1ccc(C(=O)OC)c(N/C=C(/C#N)C(=O)N2CCN(c3ccc(F)cc3)CC2)c1. The highest BCUT2D eigenvalue weighted by Gasteiger charge is 2.24. The fraction of sp³-hybridized carbons (Fsp3) is 0.250. The molecule has 2 aromatic carbocycles. The zero-order chi connectivity index (χ0) is 24.7. The molecule has 0 radical (unpaired) electrons. The van der Waals surface area contributed by atoms with Crippen molar-refractivity contribution in [3.8, 4) is 6.07 Å². The van der Waals surface area contributed by atoms with Crippen LogP contribution in [0.2, 0.25) is 0 Å². The van der Waals surface area contributed by atoms with Gasteiger partial charge in [0, 0.05) is 38.1 Å². The van der Waals surface area contributed by atoms with Crippen molar-refractivity contribution < 1.29 is 28.2 Å². The molecule has 1 aliphatic heterocycles. The second kappa shape index (κ2) is 11.0. The third-order valence-corrected chi connectivity index (χ3v) is 5.33. The highest BCUT2D eigenvalue weighted by atomic mass is 19.1. The van der Waals surface area contributed by atoms with E-state index in [0.29, 0.717) is 26.2 Å². The molecule has 176 valence electrons. The zero-order valence-corrected chi connectivity index (χ0v) is 18.7. The number of methoxy groups -OCH3 is 2. The summed E-state index contributed by atoms with van der Waals surface area (Å²) in [4.78, 5) is 40.4. The first-order valence-corrected chi connectivity index (χ1v) is 10.3. The molecule has 1 amide bonds. The van der Waals surface area contributed by atoms with Gasteiger partial charge in [0.25, 0.3) is 5.91 Å². The summed E-state index contributed by atoms with van der Waals surface area (Å²) in [6, 6.07) is 12.2. The highest BCUT2D eigenvalue weighted by molar-refractivity contribution is 6.00.